The minimum absolute atomic E-state index is 0.114. The van der Waals surface area contributed by atoms with Crippen molar-refractivity contribution < 1.29 is 14.3 Å². The Morgan fingerprint density at radius 3 is 2.89 bits per heavy atom. The molecule has 0 fully saturated rings. The van der Waals surface area contributed by atoms with E-state index in [0.29, 0.717) is 0 Å². The number of aromatic nitrogens is 2. The Balaban J connectivity index is 2.06. The van der Waals surface area contributed by atoms with Crippen molar-refractivity contribution in [3.8, 4) is 0 Å². The number of nitrogens with zero attached hydrogens (tertiary/aromatic N) is 3. The molecule has 100 valence electrons. The Morgan fingerprint density at radius 2 is 2.21 bits per heavy atom. The minimum atomic E-state index is -0.431. The first-order valence-electron chi connectivity index (χ1n) is 6.05. The Bertz CT molecular complexity index is 551. The number of hydrogen-bond acceptors (Lipinski definition) is 5. The van der Waals surface area contributed by atoms with Gasteiger partial charge < -0.3 is 10.8 Å². The normalized spacial score (nSPS) is 13.5. The van der Waals surface area contributed by atoms with Crippen molar-refractivity contribution in [1.82, 2.24) is 5.27 Å². The van der Waals surface area contributed by atoms with Crippen LogP contribution in [-0.2, 0) is 6.42 Å². The molecule has 6 nitrogen and oxygen atoms in total. The number of hydrogen-bond donors (Lipinski definition) is 1. The predicted octanol–water partition coefficient (Wildman–Crippen LogP) is 0.115. The fourth-order valence-corrected chi connectivity index (χ4v) is 1.72. The van der Waals surface area contributed by atoms with Gasteiger partial charge in [0.1, 0.15) is 0 Å². The molecule has 0 spiro atoms. The van der Waals surface area contributed by atoms with Crippen molar-refractivity contribution in [2.45, 2.75) is 19.4 Å². The highest BCUT2D eigenvalue weighted by molar-refractivity contribution is 5.75. The molecule has 1 atom stereocenters. The molecule has 2 aromatic rings. The van der Waals surface area contributed by atoms with E-state index in [9.17, 15) is 5.11 Å². The minimum Gasteiger partial charge on any atom is -0.861 e. The van der Waals surface area contributed by atoms with Gasteiger partial charge in [-0.3, -0.25) is 4.52 Å². The van der Waals surface area contributed by atoms with E-state index in [-0.39, 0.29) is 18.5 Å². The van der Waals surface area contributed by atoms with Crippen LogP contribution >= 0.6 is 0 Å². The number of nitrogens with two attached hydrogens (primary N) is 1. The topological polar surface area (TPSA) is 91.3 Å². The van der Waals surface area contributed by atoms with Crippen LogP contribution in [0.25, 0.3) is 0 Å². The van der Waals surface area contributed by atoms with E-state index < -0.39 is 5.90 Å². The molecule has 0 aliphatic carbocycles. The molecule has 0 aliphatic heterocycles. The molecular weight excluding hydrogens is 244 g/mol. The van der Waals surface area contributed by atoms with Crippen LogP contribution < -0.4 is 15.5 Å². The smallest absolute Gasteiger partial charge is 0.320 e. The Hall–Kier alpha value is -2.21. The van der Waals surface area contributed by atoms with Crippen LogP contribution in [-0.4, -0.2) is 17.7 Å². The Morgan fingerprint density at radius 1 is 1.47 bits per heavy atom. The van der Waals surface area contributed by atoms with Gasteiger partial charge in [0.15, 0.2) is 6.04 Å². The molecule has 0 aliphatic rings. The standard InChI is InChI=1S/C13H16N4O2/c1-10(7-11-5-3-2-4-6-11)17-9-13(19-16-17)15-12(18)8-14/h2-6,9-10H,7-8,14H2,1H3. The van der Waals surface area contributed by atoms with Gasteiger partial charge in [0.25, 0.3) is 6.20 Å². The van der Waals surface area contributed by atoms with E-state index >= 15 is 0 Å². The molecule has 0 saturated heterocycles. The summed E-state index contributed by atoms with van der Waals surface area (Å²) in [6, 6.07) is 10.2. The van der Waals surface area contributed by atoms with Gasteiger partial charge in [-0.1, -0.05) is 30.3 Å². The highest BCUT2D eigenvalue weighted by atomic mass is 16.5. The van der Waals surface area contributed by atoms with Crippen LogP contribution in [0, 0.1) is 0 Å². The molecule has 0 bridgehead atoms. The van der Waals surface area contributed by atoms with Crippen molar-refractivity contribution >= 4 is 11.8 Å². The fraction of sp³-hybridized carbons (Fsp3) is 0.308. The quantitative estimate of drug-likeness (QED) is 0.469. The maximum absolute atomic E-state index is 11.1. The fourth-order valence-electron chi connectivity index (χ4n) is 1.72. The summed E-state index contributed by atoms with van der Waals surface area (Å²) < 4.78 is 6.61. The van der Waals surface area contributed by atoms with Crippen LogP contribution in [0.15, 0.2) is 46.0 Å². The summed E-state index contributed by atoms with van der Waals surface area (Å²) in [6.07, 6.45) is 2.42. The van der Waals surface area contributed by atoms with Gasteiger partial charge in [0.05, 0.1) is 0 Å². The molecule has 0 saturated carbocycles. The van der Waals surface area contributed by atoms with Crippen molar-refractivity contribution in [3.05, 3.63) is 42.1 Å². The number of aliphatic imine (C=N–C) groups is 1. The molecule has 0 radical (unpaired) electrons. The zero-order valence-corrected chi connectivity index (χ0v) is 10.7. The summed E-state index contributed by atoms with van der Waals surface area (Å²) in [6.45, 7) is 1.88. The first-order valence-corrected chi connectivity index (χ1v) is 6.05. The van der Waals surface area contributed by atoms with Crippen molar-refractivity contribution in [1.29, 1.82) is 0 Å². The molecule has 1 unspecified atom stereocenters. The van der Waals surface area contributed by atoms with E-state index in [1.165, 1.54) is 5.56 Å². The predicted molar refractivity (Wildman–Crippen MR) is 67.7 cm³/mol. The summed E-state index contributed by atoms with van der Waals surface area (Å²) in [5.74, 6) is -0.255. The van der Waals surface area contributed by atoms with Crippen molar-refractivity contribution in [2.75, 3.05) is 6.54 Å². The zero-order valence-electron chi connectivity index (χ0n) is 10.7. The lowest BCUT2D eigenvalue weighted by molar-refractivity contribution is -0.782. The summed E-state index contributed by atoms with van der Waals surface area (Å²) in [5.41, 5.74) is 6.39. The molecule has 1 aromatic carbocycles. The van der Waals surface area contributed by atoms with E-state index in [0.717, 1.165) is 6.42 Å². The Labute approximate surface area is 111 Å². The molecule has 6 heteroatoms. The van der Waals surface area contributed by atoms with Crippen molar-refractivity contribution in [2.24, 2.45) is 10.7 Å². The lowest BCUT2D eigenvalue weighted by Crippen LogP contribution is -2.39. The second kappa shape index (κ2) is 6.10. The maximum atomic E-state index is 11.1. The summed E-state index contributed by atoms with van der Waals surface area (Å²) >= 11 is 0. The summed E-state index contributed by atoms with van der Waals surface area (Å²) in [5, 5.41) is 14.9. The third kappa shape index (κ3) is 3.62. The van der Waals surface area contributed by atoms with E-state index in [4.69, 9.17) is 10.3 Å². The molecule has 0 amide bonds. The van der Waals surface area contributed by atoms with Crippen molar-refractivity contribution in [3.63, 3.8) is 0 Å². The zero-order chi connectivity index (χ0) is 13.7. The first kappa shape index (κ1) is 13.2. The second-order valence-electron chi connectivity index (χ2n) is 4.27. The number of benzene rings is 1. The first-order chi connectivity index (χ1) is 9.19. The molecule has 2 rings (SSSR count). The lowest BCUT2D eigenvalue weighted by atomic mass is 10.1. The summed E-state index contributed by atoms with van der Waals surface area (Å²) in [4.78, 5) is 3.67. The maximum Gasteiger partial charge on any atom is 0.320 e. The van der Waals surface area contributed by atoms with Gasteiger partial charge in [0.2, 0.25) is 5.27 Å². The Kier molecular flexibility index (Phi) is 4.25. The van der Waals surface area contributed by atoms with E-state index in [1.54, 1.807) is 10.9 Å². The number of rotatable bonds is 5. The molecule has 2 N–H and O–H groups in total. The van der Waals surface area contributed by atoms with Crippen LogP contribution in [0.5, 0.6) is 0 Å². The van der Waals surface area contributed by atoms with E-state index in [1.807, 2.05) is 25.1 Å². The van der Waals surface area contributed by atoms with E-state index in [2.05, 4.69) is 22.4 Å². The SMILES string of the molecule is CC(Cc1ccccc1)[n+]1cc(N=C([O-])CN)on1. The van der Waals surface area contributed by atoms with Gasteiger partial charge in [-0.2, -0.15) is 0 Å². The third-order valence-electron chi connectivity index (χ3n) is 2.71. The van der Waals surface area contributed by atoms with Crippen LogP contribution in [0.2, 0.25) is 0 Å². The van der Waals surface area contributed by atoms with Crippen LogP contribution in [0.4, 0.5) is 5.88 Å². The largest absolute Gasteiger partial charge is 0.861 e. The molecule has 1 heterocycles. The van der Waals surface area contributed by atoms with Gasteiger partial charge >= 0.3 is 5.88 Å². The summed E-state index contributed by atoms with van der Waals surface area (Å²) in [7, 11) is 0. The van der Waals surface area contributed by atoms with Crippen LogP contribution in [0.1, 0.15) is 18.5 Å². The van der Waals surface area contributed by atoms with Gasteiger partial charge in [-0.05, 0) is 16.1 Å². The molecule has 19 heavy (non-hydrogen) atoms. The highest BCUT2D eigenvalue weighted by Gasteiger charge is 2.19. The average Bonchev–Trinajstić information content (AvgIpc) is 2.88. The molecular formula is C13H16N4O2. The van der Waals surface area contributed by atoms with Crippen LogP contribution in [0.3, 0.4) is 0 Å². The third-order valence-corrected chi connectivity index (χ3v) is 2.71. The lowest BCUT2D eigenvalue weighted by Gasteiger charge is -2.02. The average molecular weight is 260 g/mol. The molecule has 1 aromatic heterocycles. The monoisotopic (exact) mass is 260 g/mol. The van der Waals surface area contributed by atoms with Gasteiger partial charge in [-0.15, -0.1) is 0 Å². The second-order valence-corrected chi connectivity index (χ2v) is 4.27. The highest BCUT2D eigenvalue weighted by Crippen LogP contribution is 2.11. The van der Waals surface area contributed by atoms with Gasteiger partial charge in [0, 0.05) is 19.9 Å². The van der Waals surface area contributed by atoms with Gasteiger partial charge in [-0.25, -0.2) is 4.99 Å².